The van der Waals surface area contributed by atoms with E-state index in [2.05, 4.69) is 48.5 Å². The van der Waals surface area contributed by atoms with Crippen LogP contribution in [-0.4, -0.2) is 30.6 Å². The molecule has 2 aliphatic rings. The van der Waals surface area contributed by atoms with Crippen molar-refractivity contribution in [3.05, 3.63) is 155 Å². The molecule has 0 atom stereocenters. The summed E-state index contributed by atoms with van der Waals surface area (Å²) < 4.78 is 0. The molecule has 0 unspecified atom stereocenters. The first-order chi connectivity index (χ1) is 21.3. The highest BCUT2D eigenvalue weighted by Gasteiger charge is 2.47. The lowest BCUT2D eigenvalue weighted by Gasteiger charge is -2.34. The number of phenolic OH excluding ortho intramolecular Hbond substituents is 6. The van der Waals surface area contributed by atoms with Crippen LogP contribution in [0.5, 0.6) is 34.5 Å². The van der Waals surface area contributed by atoms with Gasteiger partial charge in [-0.3, -0.25) is 0 Å². The molecule has 6 aromatic carbocycles. The molecule has 0 aromatic heterocycles. The lowest BCUT2D eigenvalue weighted by atomic mass is 9.67. The van der Waals surface area contributed by atoms with Gasteiger partial charge in [-0.05, 0) is 86.3 Å². The average Bonchev–Trinajstić information content (AvgIpc) is 3.57. The van der Waals surface area contributed by atoms with Crippen molar-refractivity contribution < 1.29 is 30.6 Å². The van der Waals surface area contributed by atoms with E-state index in [1.165, 1.54) is 46.5 Å². The predicted molar refractivity (Wildman–Crippen MR) is 168 cm³/mol. The second-order valence-corrected chi connectivity index (χ2v) is 11.1. The second kappa shape index (κ2) is 10.1. The highest BCUT2D eigenvalue weighted by molar-refractivity contribution is 5.87. The van der Waals surface area contributed by atoms with E-state index in [-0.39, 0.29) is 0 Å². The molecule has 0 aliphatic heterocycles. The van der Waals surface area contributed by atoms with Gasteiger partial charge in [-0.15, -0.1) is 0 Å². The van der Waals surface area contributed by atoms with Crippen LogP contribution < -0.4 is 0 Å². The van der Waals surface area contributed by atoms with Gasteiger partial charge in [0.05, 0.1) is 5.41 Å². The van der Waals surface area contributed by atoms with Gasteiger partial charge >= 0.3 is 0 Å². The molecule has 6 aromatic rings. The molecule has 216 valence electrons. The third-order valence-electron chi connectivity index (χ3n) is 8.66. The number of benzene rings is 6. The zero-order valence-electron chi connectivity index (χ0n) is 23.4. The fourth-order valence-electron chi connectivity index (χ4n) is 6.74. The molecule has 0 fully saturated rings. The van der Waals surface area contributed by atoms with Gasteiger partial charge in [-0.25, -0.2) is 0 Å². The Morgan fingerprint density at radius 2 is 0.705 bits per heavy atom. The predicted octanol–water partition coefficient (Wildman–Crippen LogP) is 7.54. The summed E-state index contributed by atoms with van der Waals surface area (Å²) in [4.78, 5) is 0. The molecule has 0 radical (unpaired) electrons. The Morgan fingerprint density at radius 1 is 0.386 bits per heavy atom. The maximum absolute atomic E-state index is 10.3. The molecule has 0 heterocycles. The van der Waals surface area contributed by atoms with Crippen molar-refractivity contribution in [2.24, 2.45) is 0 Å². The maximum Gasteiger partial charge on any atom is 0.200 e. The zero-order valence-corrected chi connectivity index (χ0v) is 23.4. The van der Waals surface area contributed by atoms with Gasteiger partial charge in [0, 0.05) is 0 Å². The van der Waals surface area contributed by atoms with E-state index in [0.29, 0.717) is 11.1 Å². The number of hydrogen-bond donors (Lipinski definition) is 6. The van der Waals surface area contributed by atoms with Crippen LogP contribution in [0.15, 0.2) is 121 Å². The topological polar surface area (TPSA) is 121 Å². The minimum absolute atomic E-state index is 0.405. The Bertz CT molecular complexity index is 1880. The van der Waals surface area contributed by atoms with Crippen LogP contribution >= 0.6 is 0 Å². The molecule has 0 saturated carbocycles. The molecule has 44 heavy (non-hydrogen) atoms. The molecule has 8 rings (SSSR count). The van der Waals surface area contributed by atoms with E-state index < -0.39 is 39.9 Å². The van der Waals surface area contributed by atoms with Crippen molar-refractivity contribution in [2.45, 2.75) is 11.8 Å². The number of phenols is 6. The van der Waals surface area contributed by atoms with E-state index in [9.17, 15) is 30.6 Å². The quantitative estimate of drug-likeness (QED) is 0.118. The van der Waals surface area contributed by atoms with Crippen molar-refractivity contribution in [2.75, 3.05) is 0 Å². The molecule has 0 saturated heterocycles. The molecular formula is C38H28O6. The van der Waals surface area contributed by atoms with Crippen molar-refractivity contribution >= 4 is 0 Å². The minimum Gasteiger partial charge on any atom is -0.504 e. The Labute approximate surface area is 253 Å². The Balaban J connectivity index is 0.000000199. The van der Waals surface area contributed by atoms with Gasteiger partial charge in [0.2, 0.25) is 0 Å². The summed E-state index contributed by atoms with van der Waals surface area (Å²) in [5.74, 6) is -3.33. The maximum atomic E-state index is 10.3. The standard InChI is InChI=1S/C25H18O6.C13H10/c26-19-9-13(10-20(27)23(19)30)25(14-11-21(28)24(31)22(29)12-14)17-7-3-1-5-15(17)16-6-2-4-8-18(16)25;1-3-7-12-10(5-1)9-11-6-2-4-8-13(11)12/h1-12,26-31H;1-8H,9H2. The van der Waals surface area contributed by atoms with Crippen LogP contribution in [0.25, 0.3) is 22.3 Å². The zero-order chi connectivity index (χ0) is 30.6. The summed E-state index contributed by atoms with van der Waals surface area (Å²) in [6.45, 7) is 0. The smallest absolute Gasteiger partial charge is 0.200 e. The van der Waals surface area contributed by atoms with E-state index >= 15 is 0 Å². The Kier molecular flexibility index (Phi) is 6.22. The average molecular weight is 581 g/mol. The fourth-order valence-corrected chi connectivity index (χ4v) is 6.74. The van der Waals surface area contributed by atoms with Gasteiger partial charge < -0.3 is 30.6 Å². The molecule has 0 spiro atoms. The van der Waals surface area contributed by atoms with Crippen LogP contribution in [0.2, 0.25) is 0 Å². The monoisotopic (exact) mass is 580 g/mol. The van der Waals surface area contributed by atoms with Crippen LogP contribution in [0.3, 0.4) is 0 Å². The van der Waals surface area contributed by atoms with Crippen molar-refractivity contribution in [3.63, 3.8) is 0 Å². The third kappa shape index (κ3) is 3.96. The molecule has 0 bridgehead atoms. The van der Waals surface area contributed by atoms with Gasteiger partial charge in [0.15, 0.2) is 34.5 Å². The van der Waals surface area contributed by atoms with Gasteiger partial charge in [-0.2, -0.15) is 0 Å². The third-order valence-corrected chi connectivity index (χ3v) is 8.66. The fraction of sp³-hybridized carbons (Fsp3) is 0.0526. The summed E-state index contributed by atoms with van der Waals surface area (Å²) in [7, 11) is 0. The Morgan fingerprint density at radius 3 is 1.09 bits per heavy atom. The first kappa shape index (κ1) is 27.0. The van der Waals surface area contributed by atoms with E-state index in [1.54, 1.807) is 0 Å². The van der Waals surface area contributed by atoms with Crippen LogP contribution in [0.4, 0.5) is 0 Å². The molecule has 0 amide bonds. The van der Waals surface area contributed by atoms with Gasteiger partial charge in [0.25, 0.3) is 0 Å². The summed E-state index contributed by atoms with van der Waals surface area (Å²) in [6.07, 6.45) is 1.10. The summed E-state index contributed by atoms with van der Waals surface area (Å²) in [5, 5.41) is 61.1. The number of rotatable bonds is 2. The summed E-state index contributed by atoms with van der Waals surface area (Å²) >= 11 is 0. The highest BCUT2D eigenvalue weighted by Crippen LogP contribution is 2.58. The first-order valence-corrected chi connectivity index (χ1v) is 14.2. The van der Waals surface area contributed by atoms with Crippen molar-refractivity contribution in [3.8, 4) is 56.8 Å². The van der Waals surface area contributed by atoms with Crippen molar-refractivity contribution in [1.29, 1.82) is 0 Å². The largest absolute Gasteiger partial charge is 0.504 e. The number of hydrogen-bond acceptors (Lipinski definition) is 6. The number of fused-ring (bicyclic) bond motifs is 6. The summed E-state index contributed by atoms with van der Waals surface area (Å²) in [6, 6.07) is 37.8. The number of aromatic hydroxyl groups is 6. The van der Waals surface area contributed by atoms with Gasteiger partial charge in [-0.1, -0.05) is 97.1 Å². The molecule has 6 heteroatoms. The second-order valence-electron chi connectivity index (χ2n) is 11.1. The normalized spacial score (nSPS) is 13.2. The highest BCUT2D eigenvalue weighted by atomic mass is 16.3. The summed E-state index contributed by atoms with van der Waals surface area (Å²) in [5.41, 5.74) is 8.76. The molecule has 2 aliphatic carbocycles. The van der Waals surface area contributed by atoms with Crippen LogP contribution in [0.1, 0.15) is 33.4 Å². The van der Waals surface area contributed by atoms with E-state index in [0.717, 1.165) is 28.7 Å². The lowest BCUT2D eigenvalue weighted by molar-refractivity contribution is 0.365. The van der Waals surface area contributed by atoms with Crippen molar-refractivity contribution in [1.82, 2.24) is 0 Å². The minimum atomic E-state index is -1.17. The molecule has 6 N–H and O–H groups in total. The van der Waals surface area contributed by atoms with Crippen LogP contribution in [-0.2, 0) is 11.8 Å². The first-order valence-electron chi connectivity index (χ1n) is 14.2. The van der Waals surface area contributed by atoms with Gasteiger partial charge in [0.1, 0.15) is 0 Å². The van der Waals surface area contributed by atoms with Crippen LogP contribution in [0, 0.1) is 0 Å². The van der Waals surface area contributed by atoms with E-state index in [4.69, 9.17) is 0 Å². The Hall–Kier alpha value is -5.88. The molecule has 6 nitrogen and oxygen atoms in total. The van der Waals surface area contributed by atoms with E-state index in [1.807, 2.05) is 48.5 Å². The molecular weight excluding hydrogens is 552 g/mol. The SMILES string of the molecule is Oc1cc(C2(c3cc(O)c(O)c(O)c3)c3ccccc3-c3ccccc32)cc(O)c1O.c1ccc2c(c1)Cc1ccccc1-2. The lowest BCUT2D eigenvalue weighted by Crippen LogP contribution is -2.28.